The molecule has 1 aromatic rings. The van der Waals surface area contributed by atoms with Gasteiger partial charge in [-0.15, -0.1) is 0 Å². The molecule has 0 aromatic carbocycles. The van der Waals surface area contributed by atoms with Crippen molar-refractivity contribution in [2.45, 2.75) is 31.7 Å². The first-order chi connectivity index (χ1) is 9.24. The van der Waals surface area contributed by atoms with Crippen molar-refractivity contribution in [1.82, 2.24) is 14.8 Å². The lowest BCUT2D eigenvalue weighted by Gasteiger charge is -2.37. The summed E-state index contributed by atoms with van der Waals surface area (Å²) in [5.41, 5.74) is 0.604. The smallest absolute Gasteiger partial charge is 0.270 e. The molecule has 5 heteroatoms. The summed E-state index contributed by atoms with van der Waals surface area (Å²) in [5.74, 6) is 0.0794. The average molecular weight is 282 g/mol. The second kappa shape index (κ2) is 5.55. The number of nitrogens with zero attached hydrogens (tertiary/aromatic N) is 2. The summed E-state index contributed by atoms with van der Waals surface area (Å²) in [6.07, 6.45) is 6.58. The van der Waals surface area contributed by atoms with Gasteiger partial charge in [0.15, 0.2) is 0 Å². The molecule has 104 valence electrons. The average Bonchev–Trinajstić information content (AvgIpc) is 3.09. The van der Waals surface area contributed by atoms with E-state index in [-0.39, 0.29) is 5.91 Å². The van der Waals surface area contributed by atoms with Gasteiger partial charge in [0.2, 0.25) is 0 Å². The maximum Gasteiger partial charge on any atom is 0.270 e. The number of hydrogen-bond donors (Lipinski definition) is 1. The van der Waals surface area contributed by atoms with E-state index in [2.05, 4.69) is 9.88 Å². The number of aromatic nitrogens is 1. The minimum atomic E-state index is 0.0794. The Kier molecular flexibility index (Phi) is 3.80. The van der Waals surface area contributed by atoms with E-state index in [0.29, 0.717) is 16.8 Å². The van der Waals surface area contributed by atoms with Crippen molar-refractivity contribution in [2.75, 3.05) is 26.2 Å². The maximum atomic E-state index is 12.4. The Morgan fingerprint density at radius 2 is 2.05 bits per heavy atom. The van der Waals surface area contributed by atoms with Crippen LogP contribution in [0.1, 0.15) is 36.2 Å². The number of carbonyl (C=O) groups excluding carboxylic acids is 1. The summed E-state index contributed by atoms with van der Waals surface area (Å²) in [4.78, 5) is 19.9. The van der Waals surface area contributed by atoms with Crippen LogP contribution < -0.4 is 0 Å². The number of halogens is 1. The first-order valence-corrected chi connectivity index (χ1v) is 7.49. The van der Waals surface area contributed by atoms with E-state index < -0.39 is 0 Å². The molecule has 1 aromatic heterocycles. The standard InChI is InChI=1S/C14H20ClN3O/c15-11-8-13(16-9-11)14(19)18-7-3-4-12(10-18)17-5-1-2-6-17/h8-9,12,16H,1-7,10H2/t12-/m0/s1. The third-order valence-corrected chi connectivity index (χ3v) is 4.44. The van der Waals surface area contributed by atoms with Crippen LogP contribution in [-0.2, 0) is 0 Å². The van der Waals surface area contributed by atoms with Crippen molar-refractivity contribution in [3.63, 3.8) is 0 Å². The minimum Gasteiger partial charge on any atom is -0.356 e. The molecule has 0 aliphatic carbocycles. The lowest BCUT2D eigenvalue weighted by atomic mass is 10.0. The van der Waals surface area contributed by atoms with Crippen LogP contribution in [0.5, 0.6) is 0 Å². The van der Waals surface area contributed by atoms with Gasteiger partial charge in [-0.05, 0) is 44.8 Å². The third-order valence-electron chi connectivity index (χ3n) is 4.22. The molecular formula is C14H20ClN3O. The molecule has 2 aliphatic rings. The number of H-pyrrole nitrogens is 1. The van der Waals surface area contributed by atoms with Crippen molar-refractivity contribution in [1.29, 1.82) is 0 Å². The summed E-state index contributed by atoms with van der Waals surface area (Å²) in [5, 5.41) is 0.594. The highest BCUT2D eigenvalue weighted by molar-refractivity contribution is 6.30. The maximum absolute atomic E-state index is 12.4. The van der Waals surface area contributed by atoms with Crippen LogP contribution in [0.4, 0.5) is 0 Å². The van der Waals surface area contributed by atoms with Crippen LogP contribution in [0.15, 0.2) is 12.3 Å². The van der Waals surface area contributed by atoms with E-state index in [1.165, 1.54) is 32.4 Å². The van der Waals surface area contributed by atoms with Gasteiger partial charge in [-0.1, -0.05) is 11.6 Å². The largest absolute Gasteiger partial charge is 0.356 e. The van der Waals surface area contributed by atoms with Gasteiger partial charge in [-0.3, -0.25) is 9.69 Å². The summed E-state index contributed by atoms with van der Waals surface area (Å²) in [6, 6.07) is 2.26. The van der Waals surface area contributed by atoms with Crippen LogP contribution in [0.25, 0.3) is 0 Å². The summed E-state index contributed by atoms with van der Waals surface area (Å²) in [6.45, 7) is 4.11. The predicted octanol–water partition coefficient (Wildman–Crippen LogP) is 2.37. The minimum absolute atomic E-state index is 0.0794. The molecule has 3 heterocycles. The molecule has 0 spiro atoms. The molecule has 1 atom stereocenters. The van der Waals surface area contributed by atoms with E-state index in [1.807, 2.05) is 4.90 Å². The fourth-order valence-electron chi connectivity index (χ4n) is 3.21. The fraction of sp³-hybridized carbons (Fsp3) is 0.643. The molecule has 0 unspecified atom stereocenters. The Labute approximate surface area is 118 Å². The number of aromatic amines is 1. The molecule has 19 heavy (non-hydrogen) atoms. The highest BCUT2D eigenvalue weighted by Gasteiger charge is 2.29. The fourth-order valence-corrected chi connectivity index (χ4v) is 3.37. The van der Waals surface area contributed by atoms with Crippen LogP contribution in [-0.4, -0.2) is 52.9 Å². The van der Waals surface area contributed by atoms with Gasteiger partial charge in [0.1, 0.15) is 5.69 Å². The van der Waals surface area contributed by atoms with Gasteiger partial charge in [0, 0.05) is 25.3 Å². The SMILES string of the molecule is O=C(c1cc(Cl)c[nH]1)N1CCC[C@H](N2CCCC2)C1. The normalized spacial score (nSPS) is 24.9. The number of likely N-dealkylation sites (tertiary alicyclic amines) is 2. The first kappa shape index (κ1) is 13.0. The number of carbonyl (C=O) groups is 1. The molecule has 2 saturated heterocycles. The third kappa shape index (κ3) is 2.79. The Hall–Kier alpha value is -1.00. The van der Waals surface area contributed by atoms with Gasteiger partial charge in [-0.2, -0.15) is 0 Å². The van der Waals surface area contributed by atoms with Crippen molar-refractivity contribution in [3.8, 4) is 0 Å². The lowest BCUT2D eigenvalue weighted by Crippen LogP contribution is -2.49. The van der Waals surface area contributed by atoms with E-state index in [9.17, 15) is 4.79 Å². The molecule has 1 N–H and O–H groups in total. The molecule has 0 radical (unpaired) electrons. The monoisotopic (exact) mass is 281 g/mol. The quantitative estimate of drug-likeness (QED) is 0.904. The van der Waals surface area contributed by atoms with E-state index >= 15 is 0 Å². The van der Waals surface area contributed by atoms with Crippen LogP contribution in [0.2, 0.25) is 5.02 Å². The second-order valence-corrected chi connectivity index (χ2v) is 5.96. The van der Waals surface area contributed by atoms with Crippen molar-refractivity contribution < 1.29 is 4.79 Å². The van der Waals surface area contributed by atoms with Gasteiger partial charge in [0.05, 0.1) is 5.02 Å². The van der Waals surface area contributed by atoms with Gasteiger partial charge in [0.25, 0.3) is 5.91 Å². The molecule has 0 saturated carbocycles. The van der Waals surface area contributed by atoms with Crippen molar-refractivity contribution >= 4 is 17.5 Å². The van der Waals surface area contributed by atoms with Gasteiger partial charge >= 0.3 is 0 Å². The zero-order valence-electron chi connectivity index (χ0n) is 11.1. The Morgan fingerprint density at radius 3 is 2.74 bits per heavy atom. The number of piperidine rings is 1. The van der Waals surface area contributed by atoms with Crippen LogP contribution in [0.3, 0.4) is 0 Å². The summed E-state index contributed by atoms with van der Waals surface area (Å²) in [7, 11) is 0. The Morgan fingerprint density at radius 1 is 1.26 bits per heavy atom. The molecule has 4 nitrogen and oxygen atoms in total. The van der Waals surface area contributed by atoms with Crippen molar-refractivity contribution in [3.05, 3.63) is 23.0 Å². The summed E-state index contributed by atoms with van der Waals surface area (Å²) < 4.78 is 0. The number of nitrogens with one attached hydrogen (secondary N) is 1. The van der Waals surface area contributed by atoms with Crippen LogP contribution in [0, 0.1) is 0 Å². The van der Waals surface area contributed by atoms with Gasteiger partial charge in [-0.25, -0.2) is 0 Å². The molecule has 0 bridgehead atoms. The highest BCUT2D eigenvalue weighted by atomic mass is 35.5. The zero-order valence-corrected chi connectivity index (χ0v) is 11.8. The van der Waals surface area contributed by atoms with Crippen LogP contribution >= 0.6 is 11.6 Å². The summed E-state index contributed by atoms with van der Waals surface area (Å²) >= 11 is 5.87. The molecule has 1 amide bonds. The topological polar surface area (TPSA) is 39.3 Å². The lowest BCUT2D eigenvalue weighted by molar-refractivity contribution is 0.0603. The number of rotatable bonds is 2. The van der Waals surface area contributed by atoms with Gasteiger partial charge < -0.3 is 9.88 Å². The Balaban J connectivity index is 1.65. The predicted molar refractivity (Wildman–Crippen MR) is 75.5 cm³/mol. The van der Waals surface area contributed by atoms with E-state index in [4.69, 9.17) is 11.6 Å². The first-order valence-electron chi connectivity index (χ1n) is 7.11. The highest BCUT2D eigenvalue weighted by Crippen LogP contribution is 2.22. The Bertz CT molecular complexity index is 453. The number of amides is 1. The van der Waals surface area contributed by atoms with E-state index in [0.717, 1.165) is 19.5 Å². The molecule has 2 aliphatic heterocycles. The van der Waals surface area contributed by atoms with E-state index in [1.54, 1.807) is 12.3 Å². The molecule has 3 rings (SSSR count). The molecular weight excluding hydrogens is 262 g/mol. The second-order valence-electron chi connectivity index (χ2n) is 5.52. The number of hydrogen-bond acceptors (Lipinski definition) is 2. The zero-order chi connectivity index (χ0) is 13.2. The van der Waals surface area contributed by atoms with Crippen molar-refractivity contribution in [2.24, 2.45) is 0 Å². The molecule has 2 fully saturated rings.